The van der Waals surface area contributed by atoms with E-state index in [-0.39, 0.29) is 29.9 Å². The number of amides is 3. The molecule has 1 unspecified atom stereocenters. The molecule has 0 aliphatic rings. The molecule has 35 heavy (non-hydrogen) atoms. The summed E-state index contributed by atoms with van der Waals surface area (Å²) in [6, 6.07) is 2.79. The number of hydrogen-bond acceptors (Lipinski definition) is 6. The molecule has 0 spiro atoms. The minimum Gasteiger partial charge on any atom is -0.493 e. The fraction of sp³-hybridized carbons (Fsp3) is 0.458. The topological polar surface area (TPSA) is 176 Å². The van der Waals surface area contributed by atoms with Crippen molar-refractivity contribution in [3.63, 3.8) is 0 Å². The third-order valence-electron chi connectivity index (χ3n) is 5.32. The molecule has 0 aliphatic carbocycles. The number of aromatic amines is 1. The van der Waals surface area contributed by atoms with Crippen LogP contribution in [0.4, 0.5) is 4.79 Å². The Labute approximate surface area is 203 Å². The second-order valence-corrected chi connectivity index (χ2v) is 7.90. The molecule has 2 rings (SSSR count). The zero-order valence-corrected chi connectivity index (χ0v) is 20.3. The first-order valence-electron chi connectivity index (χ1n) is 11.7. The van der Waals surface area contributed by atoms with Crippen LogP contribution in [0.15, 0.2) is 23.0 Å². The molecule has 0 radical (unpaired) electrons. The van der Waals surface area contributed by atoms with Gasteiger partial charge < -0.3 is 31.2 Å². The number of rotatable bonds is 13. The first-order chi connectivity index (χ1) is 16.7. The van der Waals surface area contributed by atoms with E-state index in [1.165, 1.54) is 12.1 Å². The lowest BCUT2D eigenvalue weighted by Gasteiger charge is -2.16. The van der Waals surface area contributed by atoms with E-state index in [1.54, 1.807) is 6.07 Å². The van der Waals surface area contributed by atoms with E-state index in [2.05, 4.69) is 20.6 Å². The second kappa shape index (κ2) is 13.1. The molecule has 0 saturated heterocycles. The number of aromatic nitrogens is 2. The summed E-state index contributed by atoms with van der Waals surface area (Å²) in [5, 5.41) is 14.4. The van der Waals surface area contributed by atoms with E-state index in [0.717, 1.165) is 6.42 Å². The molecule has 3 amide bonds. The number of nitrogens with zero attached hydrogens (tertiary/aromatic N) is 1. The van der Waals surface area contributed by atoms with Gasteiger partial charge in [-0.3, -0.25) is 9.59 Å². The fourth-order valence-electron chi connectivity index (χ4n) is 3.54. The fourth-order valence-corrected chi connectivity index (χ4v) is 3.54. The smallest absolute Gasteiger partial charge is 0.326 e. The van der Waals surface area contributed by atoms with Crippen molar-refractivity contribution in [3.05, 3.63) is 45.4 Å². The third-order valence-corrected chi connectivity index (χ3v) is 5.32. The van der Waals surface area contributed by atoms with Crippen LogP contribution >= 0.6 is 0 Å². The molecule has 1 aromatic carbocycles. The average Bonchev–Trinajstić information content (AvgIpc) is 2.83. The molecule has 0 aliphatic heterocycles. The predicted octanol–water partition coefficient (Wildman–Crippen LogP) is 1.98. The van der Waals surface area contributed by atoms with Crippen molar-refractivity contribution in [2.75, 3.05) is 13.2 Å². The maximum absolute atomic E-state index is 12.9. The number of primary amides is 1. The van der Waals surface area contributed by atoms with Crippen molar-refractivity contribution in [2.24, 2.45) is 5.73 Å². The molecule has 0 fully saturated rings. The van der Waals surface area contributed by atoms with Crippen LogP contribution in [0.25, 0.3) is 11.4 Å². The molecule has 1 heterocycles. The Hall–Kier alpha value is -3.89. The van der Waals surface area contributed by atoms with Gasteiger partial charge in [0.15, 0.2) is 0 Å². The lowest BCUT2D eigenvalue weighted by Crippen LogP contribution is -2.41. The van der Waals surface area contributed by atoms with Crippen LogP contribution in [0, 0.1) is 0 Å². The van der Waals surface area contributed by atoms with Crippen LogP contribution in [0.3, 0.4) is 0 Å². The Kier molecular flexibility index (Phi) is 10.2. The van der Waals surface area contributed by atoms with Gasteiger partial charge in [0.2, 0.25) is 0 Å². The Morgan fingerprint density at radius 3 is 2.54 bits per heavy atom. The molecular weight excluding hydrogens is 454 g/mol. The number of aliphatic carboxylic acids is 1. The second-order valence-electron chi connectivity index (χ2n) is 7.90. The highest BCUT2D eigenvalue weighted by Crippen LogP contribution is 2.29. The molecule has 0 saturated carbocycles. The molecule has 2 aromatic rings. The monoisotopic (exact) mass is 487 g/mol. The third kappa shape index (κ3) is 7.56. The number of carbonyl (C=O) groups excluding carboxylic acids is 2. The summed E-state index contributed by atoms with van der Waals surface area (Å²) in [5.41, 5.74) is 6.64. The zero-order chi connectivity index (χ0) is 26.0. The van der Waals surface area contributed by atoms with Crippen LogP contribution in [-0.4, -0.2) is 52.2 Å². The number of carboxylic acid groups (broad SMARTS) is 1. The molecule has 6 N–H and O–H groups in total. The Morgan fingerprint density at radius 1 is 1.20 bits per heavy atom. The first-order valence-corrected chi connectivity index (χ1v) is 11.7. The number of aryl methyl sites for hydroxylation is 1. The zero-order valence-electron chi connectivity index (χ0n) is 20.3. The average molecular weight is 488 g/mol. The Balaban J connectivity index is 2.37. The number of carbonyl (C=O) groups is 3. The standard InChI is InChI=1S/C24H33N5O6/c1-4-12-35-19-10-9-14(21(30)28-18(23(32)33)8-7-11-26-24(25)34)13-16(19)20-27-17(6-3)15(5-2)22(31)29-20/h9-10,13,18H,4-8,11-12H2,1-3H3,(H,28,30)(H,32,33)(H3,25,26,34)(H,27,29,31). The highest BCUT2D eigenvalue weighted by atomic mass is 16.5. The van der Waals surface area contributed by atoms with Gasteiger partial charge in [-0.25, -0.2) is 14.6 Å². The lowest BCUT2D eigenvalue weighted by atomic mass is 10.1. The van der Waals surface area contributed by atoms with Crippen molar-refractivity contribution >= 4 is 17.9 Å². The van der Waals surface area contributed by atoms with Gasteiger partial charge in [0.1, 0.15) is 17.6 Å². The summed E-state index contributed by atoms with van der Waals surface area (Å²) >= 11 is 0. The van der Waals surface area contributed by atoms with Crippen molar-refractivity contribution < 1.29 is 24.2 Å². The molecule has 11 nitrogen and oxygen atoms in total. The van der Waals surface area contributed by atoms with Crippen LogP contribution in [0.2, 0.25) is 0 Å². The normalized spacial score (nSPS) is 11.5. The van der Waals surface area contributed by atoms with Gasteiger partial charge in [0.25, 0.3) is 11.5 Å². The van der Waals surface area contributed by atoms with Crippen LogP contribution in [0.1, 0.15) is 61.6 Å². The Bertz CT molecular complexity index is 1110. The van der Waals surface area contributed by atoms with E-state index >= 15 is 0 Å². The summed E-state index contributed by atoms with van der Waals surface area (Å²) in [7, 11) is 0. The van der Waals surface area contributed by atoms with E-state index in [9.17, 15) is 24.3 Å². The van der Waals surface area contributed by atoms with Gasteiger partial charge in [-0.05, 0) is 50.3 Å². The summed E-state index contributed by atoms with van der Waals surface area (Å²) < 4.78 is 5.82. The number of ether oxygens (including phenoxy) is 1. The van der Waals surface area contributed by atoms with Crippen LogP contribution < -0.4 is 26.7 Å². The maximum Gasteiger partial charge on any atom is 0.326 e. The van der Waals surface area contributed by atoms with Gasteiger partial charge in [0.05, 0.1) is 17.9 Å². The molecule has 1 aromatic heterocycles. The van der Waals surface area contributed by atoms with E-state index in [1.807, 2.05) is 20.8 Å². The quantitative estimate of drug-likeness (QED) is 0.268. The molecular formula is C24H33N5O6. The number of nitrogens with two attached hydrogens (primary N) is 1. The van der Waals surface area contributed by atoms with Crippen molar-refractivity contribution in [3.8, 4) is 17.1 Å². The van der Waals surface area contributed by atoms with E-state index in [0.29, 0.717) is 48.4 Å². The summed E-state index contributed by atoms with van der Waals surface area (Å²) in [4.78, 5) is 55.3. The summed E-state index contributed by atoms with van der Waals surface area (Å²) in [6.07, 6.45) is 2.27. The number of H-pyrrole nitrogens is 1. The minimum atomic E-state index is -1.20. The SMILES string of the molecule is CCCOc1ccc(C(=O)NC(CCCNC(N)=O)C(=O)O)cc1-c1nc(CC)c(CC)c(=O)[nH]1. The van der Waals surface area contributed by atoms with Crippen molar-refractivity contribution in [1.29, 1.82) is 0 Å². The highest BCUT2D eigenvalue weighted by Gasteiger charge is 2.22. The van der Waals surface area contributed by atoms with Gasteiger partial charge >= 0.3 is 12.0 Å². The summed E-state index contributed by atoms with van der Waals surface area (Å²) in [6.45, 7) is 6.37. The van der Waals surface area contributed by atoms with Crippen molar-refractivity contribution in [2.45, 2.75) is 58.9 Å². The van der Waals surface area contributed by atoms with Gasteiger partial charge in [-0.1, -0.05) is 20.8 Å². The molecule has 190 valence electrons. The van der Waals surface area contributed by atoms with E-state index < -0.39 is 23.9 Å². The lowest BCUT2D eigenvalue weighted by molar-refractivity contribution is -0.139. The number of hydrogen-bond donors (Lipinski definition) is 5. The minimum absolute atomic E-state index is 0.0963. The van der Waals surface area contributed by atoms with Crippen molar-refractivity contribution in [1.82, 2.24) is 20.6 Å². The largest absolute Gasteiger partial charge is 0.493 e. The molecule has 0 bridgehead atoms. The van der Waals surface area contributed by atoms with Gasteiger partial charge in [-0.2, -0.15) is 0 Å². The number of urea groups is 1. The Morgan fingerprint density at radius 2 is 1.94 bits per heavy atom. The number of benzene rings is 1. The number of carboxylic acids is 1. The highest BCUT2D eigenvalue weighted by molar-refractivity contribution is 5.98. The van der Waals surface area contributed by atoms with Crippen LogP contribution in [-0.2, 0) is 17.6 Å². The molecule has 1 atom stereocenters. The first kappa shape index (κ1) is 27.4. The number of nitrogens with one attached hydrogen (secondary N) is 3. The molecule has 11 heteroatoms. The summed E-state index contributed by atoms with van der Waals surface area (Å²) in [5.74, 6) is -1.08. The van der Waals surface area contributed by atoms with Crippen LogP contribution in [0.5, 0.6) is 5.75 Å². The van der Waals surface area contributed by atoms with Gasteiger partial charge in [0, 0.05) is 17.7 Å². The predicted molar refractivity (Wildman–Crippen MR) is 131 cm³/mol. The van der Waals surface area contributed by atoms with Gasteiger partial charge in [-0.15, -0.1) is 0 Å². The van der Waals surface area contributed by atoms with E-state index in [4.69, 9.17) is 10.5 Å². The maximum atomic E-state index is 12.9.